The molecule has 100 valence electrons. The van der Waals surface area contributed by atoms with Gasteiger partial charge in [0.2, 0.25) is 0 Å². The van der Waals surface area contributed by atoms with E-state index in [9.17, 15) is 0 Å². The number of hydrogen-bond acceptors (Lipinski definition) is 0. The molecule has 0 nitrogen and oxygen atoms in total. The van der Waals surface area contributed by atoms with Gasteiger partial charge in [0, 0.05) is 10.9 Å². The Hall–Kier alpha value is -0.980. The van der Waals surface area contributed by atoms with E-state index in [4.69, 9.17) is 23.2 Å². The maximum Gasteiger partial charge on any atom is 0.0408 e. The lowest BCUT2D eigenvalue weighted by Crippen LogP contribution is -2.10. The third-order valence-electron chi connectivity index (χ3n) is 3.28. The molecule has 0 amide bonds. The van der Waals surface area contributed by atoms with Crippen LogP contribution in [0.4, 0.5) is 0 Å². The zero-order valence-corrected chi connectivity index (χ0v) is 12.6. The van der Waals surface area contributed by atoms with Crippen LogP contribution >= 0.6 is 23.2 Å². The predicted octanol–water partition coefficient (Wildman–Crippen LogP) is 5.29. The van der Waals surface area contributed by atoms with Gasteiger partial charge >= 0.3 is 0 Å². The molecule has 1 atom stereocenters. The van der Waals surface area contributed by atoms with Gasteiger partial charge in [-0.05, 0) is 48.9 Å². The lowest BCUT2D eigenvalue weighted by molar-refractivity contribution is 0.584. The number of benzene rings is 2. The van der Waals surface area contributed by atoms with Crippen molar-refractivity contribution in [2.45, 2.75) is 19.8 Å². The van der Waals surface area contributed by atoms with E-state index in [2.05, 4.69) is 37.3 Å². The van der Waals surface area contributed by atoms with E-state index in [0.717, 1.165) is 17.9 Å². The van der Waals surface area contributed by atoms with Crippen molar-refractivity contribution in [1.29, 1.82) is 0 Å². The van der Waals surface area contributed by atoms with Crippen LogP contribution in [-0.2, 0) is 12.8 Å². The smallest absolute Gasteiger partial charge is 0.0408 e. The van der Waals surface area contributed by atoms with Gasteiger partial charge in [0.1, 0.15) is 0 Å². The van der Waals surface area contributed by atoms with Gasteiger partial charge in [0.05, 0.1) is 0 Å². The van der Waals surface area contributed by atoms with Crippen molar-refractivity contribution in [3.63, 3.8) is 0 Å². The number of alkyl halides is 1. The first kappa shape index (κ1) is 14.4. The maximum absolute atomic E-state index is 6.11. The molecule has 0 radical (unpaired) electrons. The third-order valence-corrected chi connectivity index (χ3v) is 3.95. The van der Waals surface area contributed by atoms with Crippen LogP contribution in [0.5, 0.6) is 0 Å². The van der Waals surface area contributed by atoms with Crippen LogP contribution in [0.2, 0.25) is 5.02 Å². The van der Waals surface area contributed by atoms with E-state index in [-0.39, 0.29) is 0 Å². The van der Waals surface area contributed by atoms with Gasteiger partial charge in [0.15, 0.2) is 0 Å². The van der Waals surface area contributed by atoms with Crippen LogP contribution in [0.3, 0.4) is 0 Å². The Kier molecular flexibility index (Phi) is 5.30. The molecule has 2 heteroatoms. The quantitative estimate of drug-likeness (QED) is 0.657. The van der Waals surface area contributed by atoms with E-state index < -0.39 is 0 Å². The molecule has 0 fully saturated rings. The van der Waals surface area contributed by atoms with Gasteiger partial charge in [-0.3, -0.25) is 0 Å². The van der Waals surface area contributed by atoms with Crippen molar-refractivity contribution >= 4 is 23.2 Å². The minimum atomic E-state index is 0.447. The highest BCUT2D eigenvalue weighted by Gasteiger charge is 2.10. The van der Waals surface area contributed by atoms with E-state index in [0.29, 0.717) is 11.8 Å². The Balaban J connectivity index is 2.02. The molecule has 0 aromatic heterocycles. The van der Waals surface area contributed by atoms with E-state index in [1.54, 1.807) is 0 Å². The molecule has 2 aromatic carbocycles. The molecule has 0 spiro atoms. The van der Waals surface area contributed by atoms with Crippen molar-refractivity contribution in [1.82, 2.24) is 0 Å². The van der Waals surface area contributed by atoms with Gasteiger partial charge < -0.3 is 0 Å². The van der Waals surface area contributed by atoms with Crippen LogP contribution in [0.25, 0.3) is 0 Å². The second-order valence-corrected chi connectivity index (χ2v) is 5.79. The minimum Gasteiger partial charge on any atom is -0.126 e. The second kappa shape index (κ2) is 6.98. The van der Waals surface area contributed by atoms with Crippen molar-refractivity contribution < 1.29 is 0 Å². The first-order valence-electron chi connectivity index (χ1n) is 6.53. The summed E-state index contributed by atoms with van der Waals surface area (Å²) in [5.41, 5.74) is 3.89. The van der Waals surface area contributed by atoms with Gasteiger partial charge in [-0.1, -0.05) is 53.6 Å². The molecular weight excluding hydrogens is 275 g/mol. The fraction of sp³-hybridized carbons (Fsp3) is 0.294. The Morgan fingerprint density at radius 1 is 0.947 bits per heavy atom. The lowest BCUT2D eigenvalue weighted by Gasteiger charge is -2.14. The molecule has 0 N–H and O–H groups in total. The summed E-state index contributed by atoms with van der Waals surface area (Å²) >= 11 is 12.1. The highest BCUT2D eigenvalue weighted by atomic mass is 35.5. The largest absolute Gasteiger partial charge is 0.126 e. The predicted molar refractivity (Wildman–Crippen MR) is 84.2 cm³/mol. The average molecular weight is 293 g/mol. The molecular formula is C17H18Cl2. The molecule has 0 aliphatic heterocycles. The summed E-state index contributed by atoms with van der Waals surface area (Å²) in [6.07, 6.45) is 1.98. The second-order valence-electron chi connectivity index (χ2n) is 5.04. The minimum absolute atomic E-state index is 0.447. The number of hydrogen-bond donors (Lipinski definition) is 0. The molecule has 2 aromatic rings. The van der Waals surface area contributed by atoms with Gasteiger partial charge in [-0.25, -0.2) is 0 Å². The van der Waals surface area contributed by atoms with Crippen molar-refractivity contribution in [3.8, 4) is 0 Å². The summed E-state index contributed by atoms with van der Waals surface area (Å²) in [4.78, 5) is 0. The Morgan fingerprint density at radius 3 is 2.26 bits per heavy atom. The molecule has 0 saturated carbocycles. The van der Waals surface area contributed by atoms with Crippen molar-refractivity contribution in [2.24, 2.45) is 5.92 Å². The molecule has 0 aliphatic rings. The fourth-order valence-corrected chi connectivity index (χ4v) is 2.67. The Labute approximate surface area is 125 Å². The van der Waals surface area contributed by atoms with Crippen LogP contribution in [0.15, 0.2) is 48.5 Å². The molecule has 0 bridgehead atoms. The van der Waals surface area contributed by atoms with E-state index in [1.165, 1.54) is 16.7 Å². The van der Waals surface area contributed by atoms with Crippen LogP contribution in [-0.4, -0.2) is 5.88 Å². The number of aryl methyl sites for hydroxylation is 1. The average Bonchev–Trinajstić information content (AvgIpc) is 2.40. The Bertz CT molecular complexity index is 517. The SMILES string of the molecule is Cc1ccc(CC(CCl)Cc2cccc(Cl)c2)cc1. The lowest BCUT2D eigenvalue weighted by atomic mass is 9.94. The van der Waals surface area contributed by atoms with E-state index in [1.807, 2.05) is 18.2 Å². The summed E-state index contributed by atoms with van der Waals surface area (Å²) in [5, 5.41) is 0.793. The Morgan fingerprint density at radius 2 is 1.63 bits per heavy atom. The summed E-state index contributed by atoms with van der Waals surface area (Å²) < 4.78 is 0. The molecule has 1 unspecified atom stereocenters. The standard InChI is InChI=1S/C17H18Cl2/c1-13-5-7-14(8-6-13)9-16(12-18)10-15-3-2-4-17(19)11-15/h2-8,11,16H,9-10,12H2,1H3. The summed E-state index contributed by atoms with van der Waals surface area (Å²) in [7, 11) is 0. The highest BCUT2D eigenvalue weighted by molar-refractivity contribution is 6.30. The van der Waals surface area contributed by atoms with Crippen molar-refractivity contribution in [2.75, 3.05) is 5.88 Å². The molecule has 0 heterocycles. The number of rotatable bonds is 5. The maximum atomic E-state index is 6.11. The summed E-state index contributed by atoms with van der Waals surface area (Å²) in [6.45, 7) is 2.11. The molecule has 0 aliphatic carbocycles. The topological polar surface area (TPSA) is 0 Å². The zero-order chi connectivity index (χ0) is 13.7. The number of halogens is 2. The fourth-order valence-electron chi connectivity index (χ4n) is 2.24. The van der Waals surface area contributed by atoms with Crippen LogP contribution in [0.1, 0.15) is 16.7 Å². The van der Waals surface area contributed by atoms with E-state index >= 15 is 0 Å². The third kappa shape index (κ3) is 4.56. The van der Waals surface area contributed by atoms with Crippen LogP contribution in [0, 0.1) is 12.8 Å². The zero-order valence-electron chi connectivity index (χ0n) is 11.1. The van der Waals surface area contributed by atoms with Crippen LogP contribution < -0.4 is 0 Å². The highest BCUT2D eigenvalue weighted by Crippen LogP contribution is 2.19. The monoisotopic (exact) mass is 292 g/mol. The molecule has 19 heavy (non-hydrogen) atoms. The van der Waals surface area contributed by atoms with Gasteiger partial charge in [0.25, 0.3) is 0 Å². The first-order valence-corrected chi connectivity index (χ1v) is 7.44. The summed E-state index contributed by atoms with van der Waals surface area (Å²) in [6, 6.07) is 16.7. The van der Waals surface area contributed by atoms with Gasteiger partial charge in [-0.2, -0.15) is 0 Å². The first-order chi connectivity index (χ1) is 9.17. The normalized spacial score (nSPS) is 12.4. The van der Waals surface area contributed by atoms with Gasteiger partial charge in [-0.15, -0.1) is 11.6 Å². The van der Waals surface area contributed by atoms with Crippen molar-refractivity contribution in [3.05, 3.63) is 70.2 Å². The molecule has 2 rings (SSSR count). The summed E-state index contributed by atoms with van der Waals surface area (Å²) in [5.74, 6) is 1.11. The molecule has 0 saturated heterocycles.